The molecule has 0 aliphatic carbocycles. The first-order chi connectivity index (χ1) is 13.6. The molecule has 1 aromatic carbocycles. The molecule has 0 bridgehead atoms. The molecular formula is C19H26N8O. The number of nitrogens with one attached hydrogen (secondary N) is 2. The summed E-state index contributed by atoms with van der Waals surface area (Å²) in [6.45, 7) is 4.96. The van der Waals surface area contributed by atoms with Gasteiger partial charge in [-0.15, -0.1) is 10.2 Å². The summed E-state index contributed by atoms with van der Waals surface area (Å²) in [5, 5.41) is 17.5. The summed E-state index contributed by atoms with van der Waals surface area (Å²) < 4.78 is 5.63. The molecule has 0 aliphatic rings. The van der Waals surface area contributed by atoms with E-state index in [-0.39, 0.29) is 5.95 Å². The normalized spacial score (nSPS) is 10.8. The maximum absolute atomic E-state index is 5.86. The molecule has 148 valence electrons. The molecule has 0 amide bonds. The number of aromatic amines is 1. The van der Waals surface area contributed by atoms with Crippen LogP contribution in [0.25, 0.3) is 0 Å². The lowest BCUT2D eigenvalue weighted by Crippen LogP contribution is -2.11. The molecule has 0 unspecified atom stereocenters. The highest BCUT2D eigenvalue weighted by atomic mass is 16.5. The molecule has 2 aromatic heterocycles. The Labute approximate surface area is 164 Å². The topological polar surface area (TPSA) is 128 Å². The SMILES string of the molecule is CCCCNc1nc(N)nc(C)c1Cc1ccc(Cc2nn[nH]n2)cc1OC. The monoisotopic (exact) mass is 382 g/mol. The second-order valence-corrected chi connectivity index (χ2v) is 6.60. The van der Waals surface area contributed by atoms with Crippen LogP contribution < -0.4 is 15.8 Å². The zero-order valence-corrected chi connectivity index (χ0v) is 16.5. The van der Waals surface area contributed by atoms with Crippen LogP contribution in [0.5, 0.6) is 5.75 Å². The standard InChI is InChI=1S/C19H26N8O/c1-4-5-8-21-18-15(12(2)22-19(20)23-18)11-14-7-6-13(9-16(14)28-3)10-17-24-26-27-25-17/h6-7,9H,4-5,8,10-11H2,1-3H3,(H3,20,21,22,23)(H,24,25,26,27). The number of H-pyrrole nitrogens is 1. The highest BCUT2D eigenvalue weighted by Crippen LogP contribution is 2.28. The molecular weight excluding hydrogens is 356 g/mol. The average Bonchev–Trinajstić information content (AvgIpc) is 3.18. The van der Waals surface area contributed by atoms with Gasteiger partial charge in [0, 0.05) is 30.6 Å². The molecule has 0 fully saturated rings. The molecule has 4 N–H and O–H groups in total. The lowest BCUT2D eigenvalue weighted by atomic mass is 10.0. The number of nitrogens with two attached hydrogens (primary N) is 1. The van der Waals surface area contributed by atoms with Gasteiger partial charge in [0.15, 0.2) is 5.82 Å². The largest absolute Gasteiger partial charge is 0.496 e. The predicted molar refractivity (Wildman–Crippen MR) is 107 cm³/mol. The van der Waals surface area contributed by atoms with Crippen LogP contribution in [0, 0.1) is 6.92 Å². The molecule has 2 heterocycles. The Kier molecular flexibility index (Phi) is 6.36. The van der Waals surface area contributed by atoms with E-state index in [4.69, 9.17) is 10.5 Å². The van der Waals surface area contributed by atoms with Crippen LogP contribution in [0.4, 0.5) is 11.8 Å². The van der Waals surface area contributed by atoms with Crippen molar-refractivity contribution in [2.24, 2.45) is 0 Å². The maximum Gasteiger partial charge on any atom is 0.222 e. The van der Waals surface area contributed by atoms with Gasteiger partial charge in [-0.2, -0.15) is 10.2 Å². The summed E-state index contributed by atoms with van der Waals surface area (Å²) in [7, 11) is 1.67. The number of tetrazole rings is 1. The third-order valence-corrected chi connectivity index (χ3v) is 4.52. The first-order valence-electron chi connectivity index (χ1n) is 9.35. The highest BCUT2D eigenvalue weighted by molar-refractivity contribution is 5.53. The molecule has 3 rings (SSSR count). The lowest BCUT2D eigenvalue weighted by Gasteiger charge is -2.16. The van der Waals surface area contributed by atoms with Crippen molar-refractivity contribution in [1.82, 2.24) is 30.6 Å². The number of methoxy groups -OCH3 is 1. The Morgan fingerprint density at radius 1 is 1.21 bits per heavy atom. The number of hydrogen-bond acceptors (Lipinski definition) is 8. The van der Waals surface area contributed by atoms with Gasteiger partial charge in [-0.25, -0.2) is 4.98 Å². The second kappa shape index (κ2) is 9.12. The number of aromatic nitrogens is 6. The van der Waals surface area contributed by atoms with Crippen molar-refractivity contribution in [1.29, 1.82) is 0 Å². The molecule has 0 radical (unpaired) electrons. The molecule has 0 saturated carbocycles. The average molecular weight is 382 g/mol. The molecule has 9 nitrogen and oxygen atoms in total. The molecule has 0 atom stereocenters. The zero-order chi connectivity index (χ0) is 19.9. The summed E-state index contributed by atoms with van der Waals surface area (Å²) in [6.07, 6.45) is 3.40. The van der Waals surface area contributed by atoms with Gasteiger partial charge in [0.2, 0.25) is 5.95 Å². The van der Waals surface area contributed by atoms with Crippen LogP contribution in [-0.4, -0.2) is 44.2 Å². The van der Waals surface area contributed by atoms with Crippen LogP contribution >= 0.6 is 0 Å². The number of hydrogen-bond donors (Lipinski definition) is 3. The van der Waals surface area contributed by atoms with Crippen LogP contribution in [-0.2, 0) is 12.8 Å². The minimum absolute atomic E-state index is 0.280. The molecule has 3 aromatic rings. The third-order valence-electron chi connectivity index (χ3n) is 4.52. The van der Waals surface area contributed by atoms with Crippen LogP contribution in [0.3, 0.4) is 0 Å². The van der Waals surface area contributed by atoms with Gasteiger partial charge in [-0.05, 0) is 30.5 Å². The van der Waals surface area contributed by atoms with E-state index >= 15 is 0 Å². The summed E-state index contributed by atoms with van der Waals surface area (Å²) >= 11 is 0. The minimum atomic E-state index is 0.280. The van der Waals surface area contributed by atoms with Crippen molar-refractivity contribution < 1.29 is 4.74 Å². The number of unbranched alkanes of at least 4 members (excludes halogenated alkanes) is 1. The van der Waals surface area contributed by atoms with Gasteiger partial charge in [-0.1, -0.05) is 30.7 Å². The maximum atomic E-state index is 5.86. The smallest absolute Gasteiger partial charge is 0.222 e. The number of rotatable bonds is 9. The molecule has 0 spiro atoms. The Balaban J connectivity index is 1.86. The van der Waals surface area contributed by atoms with Gasteiger partial charge in [0.05, 0.1) is 7.11 Å². The van der Waals surface area contributed by atoms with E-state index in [0.29, 0.717) is 18.7 Å². The Bertz CT molecular complexity index is 911. The summed E-state index contributed by atoms with van der Waals surface area (Å²) in [6, 6.07) is 6.11. The van der Waals surface area contributed by atoms with Gasteiger partial charge < -0.3 is 15.8 Å². The van der Waals surface area contributed by atoms with Crippen molar-refractivity contribution >= 4 is 11.8 Å². The first kappa shape index (κ1) is 19.5. The van der Waals surface area contributed by atoms with Crippen molar-refractivity contribution in [2.75, 3.05) is 24.7 Å². The summed E-state index contributed by atoms with van der Waals surface area (Å²) in [5.41, 5.74) is 9.85. The number of benzene rings is 1. The van der Waals surface area contributed by atoms with E-state index in [1.807, 2.05) is 19.1 Å². The van der Waals surface area contributed by atoms with Gasteiger partial charge >= 0.3 is 0 Å². The summed E-state index contributed by atoms with van der Waals surface area (Å²) in [4.78, 5) is 8.75. The summed E-state index contributed by atoms with van der Waals surface area (Å²) in [5.74, 6) is 2.51. The first-order valence-corrected chi connectivity index (χ1v) is 9.35. The predicted octanol–water partition coefficient (Wildman–Crippen LogP) is 2.28. The minimum Gasteiger partial charge on any atom is -0.496 e. The fraction of sp³-hybridized carbons (Fsp3) is 0.421. The molecule has 28 heavy (non-hydrogen) atoms. The van der Waals surface area contributed by atoms with Crippen LogP contribution in [0.15, 0.2) is 18.2 Å². The molecule has 9 heteroatoms. The van der Waals surface area contributed by atoms with Gasteiger partial charge in [-0.3, -0.25) is 0 Å². The van der Waals surface area contributed by atoms with Crippen LogP contribution in [0.1, 0.15) is 48.0 Å². The number of nitrogens with zero attached hydrogens (tertiary/aromatic N) is 5. The van der Waals surface area contributed by atoms with Crippen molar-refractivity contribution in [3.8, 4) is 5.75 Å². The molecule has 0 aliphatic heterocycles. The molecule has 0 saturated heterocycles. The lowest BCUT2D eigenvalue weighted by molar-refractivity contribution is 0.410. The second-order valence-electron chi connectivity index (χ2n) is 6.60. The van der Waals surface area contributed by atoms with Crippen molar-refractivity contribution in [2.45, 2.75) is 39.5 Å². The third kappa shape index (κ3) is 4.73. The van der Waals surface area contributed by atoms with Crippen LogP contribution in [0.2, 0.25) is 0 Å². The fourth-order valence-corrected chi connectivity index (χ4v) is 3.03. The fourth-order valence-electron chi connectivity index (χ4n) is 3.03. The quantitative estimate of drug-likeness (QED) is 0.481. The van der Waals surface area contributed by atoms with E-state index in [2.05, 4.69) is 48.9 Å². The van der Waals surface area contributed by atoms with Crippen molar-refractivity contribution in [3.05, 3.63) is 46.4 Å². The van der Waals surface area contributed by atoms with Crippen molar-refractivity contribution in [3.63, 3.8) is 0 Å². The van der Waals surface area contributed by atoms with Gasteiger partial charge in [0.25, 0.3) is 0 Å². The Morgan fingerprint density at radius 3 is 2.79 bits per heavy atom. The Hall–Kier alpha value is -3.23. The number of anilines is 2. The van der Waals surface area contributed by atoms with E-state index in [9.17, 15) is 0 Å². The van der Waals surface area contributed by atoms with E-state index < -0.39 is 0 Å². The van der Waals surface area contributed by atoms with E-state index in [1.54, 1.807) is 7.11 Å². The van der Waals surface area contributed by atoms with E-state index in [1.165, 1.54) is 0 Å². The number of aryl methyl sites for hydroxylation is 1. The number of ether oxygens (including phenoxy) is 1. The number of nitrogen functional groups attached to an aromatic ring is 1. The van der Waals surface area contributed by atoms with E-state index in [0.717, 1.165) is 53.3 Å². The van der Waals surface area contributed by atoms with Gasteiger partial charge in [0.1, 0.15) is 11.6 Å². The Morgan fingerprint density at radius 2 is 2.07 bits per heavy atom. The highest BCUT2D eigenvalue weighted by Gasteiger charge is 2.15. The zero-order valence-electron chi connectivity index (χ0n) is 16.5.